The van der Waals surface area contributed by atoms with Gasteiger partial charge in [0.2, 0.25) is 0 Å². The molecule has 2 aromatic carbocycles. The number of para-hydroxylation sites is 1. The van der Waals surface area contributed by atoms with Gasteiger partial charge in [-0.1, -0.05) is 25.1 Å². The number of halogens is 3. The summed E-state index contributed by atoms with van der Waals surface area (Å²) in [6.45, 7) is 2.96. The minimum Gasteiger partial charge on any atom is -0.454 e. The smallest absolute Gasteiger partial charge is 0.416 e. The van der Waals surface area contributed by atoms with Crippen molar-refractivity contribution in [2.24, 2.45) is 29.1 Å². The summed E-state index contributed by atoms with van der Waals surface area (Å²) in [4.78, 5) is 16.1. The number of fused-ring (bicyclic) bond motifs is 2. The number of aliphatic hydroxyl groups is 2. The lowest BCUT2D eigenvalue weighted by Gasteiger charge is -2.70. The van der Waals surface area contributed by atoms with Gasteiger partial charge in [-0.2, -0.15) is 13.2 Å². The Morgan fingerprint density at radius 3 is 2.44 bits per heavy atom. The Bertz CT molecular complexity index is 1880. The van der Waals surface area contributed by atoms with Gasteiger partial charge in [-0.3, -0.25) is 9.62 Å². The van der Waals surface area contributed by atoms with Crippen LogP contribution in [0.4, 0.5) is 18.9 Å². The van der Waals surface area contributed by atoms with Crippen LogP contribution < -0.4 is 4.72 Å². The first-order valence-corrected chi connectivity index (χ1v) is 19.3. The molecule has 1 heterocycles. The fourth-order valence-electron chi connectivity index (χ4n) is 12.4. The van der Waals surface area contributed by atoms with Crippen LogP contribution in [-0.4, -0.2) is 105 Å². The number of alkyl halides is 3. The number of esters is 1. The standard InChI is InChI=1S/C37H45F3N2O9S/c1-5-42-19-33(51-32(43)22-11-6-7-12-25(22)41-52(46,47)21-10-8-9-20(15-21)37(38,39)40)14-13-29(49-3)35-27(33)17-24(30(35)42)34(44)18-26(48-2)23-16-28(35)36(34,45)31(23)50-4/h6-12,15,23-24,26-31,41,44-45H,5,13-14,16-19H2,1-4H3/t23-,24+,26+,27-,28+,29+,30?,31+,33-,34+,35+,36+/m1/s1. The highest BCUT2D eigenvalue weighted by Crippen LogP contribution is 2.79. The summed E-state index contributed by atoms with van der Waals surface area (Å²) < 4.78 is 94.4. The highest BCUT2D eigenvalue weighted by atomic mass is 32.2. The SMILES string of the molecule is CCN1C[C@]2(OC(=O)c3ccccc3NS(=O)(=O)c3cccc(C(F)(F)F)c3)CC[C@H](OC)[C@]34C1[C@H](C[C@H]23)[C@@]1(O)C[C@H](OC)[C@H]2C[C@@H]4[C@]1(O)[C@H]2OC. The summed E-state index contributed by atoms with van der Waals surface area (Å²) in [5.74, 6) is -2.19. The van der Waals surface area contributed by atoms with Crippen molar-refractivity contribution in [2.45, 2.75) is 91.3 Å². The fourth-order valence-corrected chi connectivity index (χ4v) is 13.6. The Morgan fingerprint density at radius 1 is 1.02 bits per heavy atom. The van der Waals surface area contributed by atoms with Crippen LogP contribution in [-0.2, 0) is 35.1 Å². The van der Waals surface area contributed by atoms with Gasteiger partial charge in [0.1, 0.15) is 16.8 Å². The van der Waals surface area contributed by atoms with E-state index < -0.39 is 72.8 Å². The molecule has 7 bridgehead atoms. The summed E-state index contributed by atoms with van der Waals surface area (Å²) in [5, 5.41) is 25.9. The number of hydrogen-bond donors (Lipinski definition) is 3. The lowest BCUT2D eigenvalue weighted by atomic mass is 9.44. The molecule has 8 rings (SSSR count). The van der Waals surface area contributed by atoms with Gasteiger partial charge in [-0.25, -0.2) is 13.2 Å². The number of likely N-dealkylation sites (N-methyl/N-ethyl adjacent to an activating group) is 1. The molecular weight excluding hydrogens is 705 g/mol. The van der Waals surface area contributed by atoms with Gasteiger partial charge >= 0.3 is 12.1 Å². The molecule has 52 heavy (non-hydrogen) atoms. The van der Waals surface area contributed by atoms with Gasteiger partial charge in [0, 0.05) is 69.4 Å². The Labute approximate surface area is 300 Å². The predicted octanol–water partition coefficient (Wildman–Crippen LogP) is 4.08. The molecule has 0 radical (unpaired) electrons. The summed E-state index contributed by atoms with van der Waals surface area (Å²) in [6, 6.07) is 9.04. The number of carbonyl (C=O) groups is 1. The van der Waals surface area contributed by atoms with Crippen LogP contribution in [0.5, 0.6) is 0 Å². The van der Waals surface area contributed by atoms with E-state index in [2.05, 4.69) is 9.62 Å². The van der Waals surface area contributed by atoms with Gasteiger partial charge in [0.25, 0.3) is 10.0 Å². The number of hydrogen-bond acceptors (Lipinski definition) is 10. The Hall–Kier alpha value is -2.79. The summed E-state index contributed by atoms with van der Waals surface area (Å²) in [7, 11) is 0.302. The van der Waals surface area contributed by atoms with Crippen molar-refractivity contribution < 1.29 is 55.5 Å². The number of methoxy groups -OCH3 is 3. The van der Waals surface area contributed by atoms with Crippen LogP contribution in [0.25, 0.3) is 0 Å². The highest BCUT2D eigenvalue weighted by molar-refractivity contribution is 7.92. The monoisotopic (exact) mass is 750 g/mol. The van der Waals surface area contributed by atoms with E-state index >= 15 is 0 Å². The van der Waals surface area contributed by atoms with Crippen molar-refractivity contribution in [1.29, 1.82) is 0 Å². The molecule has 1 unspecified atom stereocenters. The minimum absolute atomic E-state index is 0.0982. The first-order valence-electron chi connectivity index (χ1n) is 17.9. The van der Waals surface area contributed by atoms with Crippen molar-refractivity contribution in [3.8, 4) is 0 Å². The number of carbonyl (C=O) groups excluding carboxylic acids is 1. The van der Waals surface area contributed by atoms with Gasteiger partial charge < -0.3 is 29.2 Å². The molecule has 1 spiro atoms. The molecule has 11 nitrogen and oxygen atoms in total. The van der Waals surface area contributed by atoms with Gasteiger partial charge in [0.05, 0.1) is 40.0 Å². The first-order chi connectivity index (χ1) is 24.6. The van der Waals surface area contributed by atoms with Crippen molar-refractivity contribution in [3.05, 3.63) is 59.7 Å². The molecule has 3 N–H and O–H groups in total. The number of rotatable bonds is 9. The topological polar surface area (TPSA) is 144 Å². The van der Waals surface area contributed by atoms with E-state index in [1.807, 2.05) is 6.92 Å². The van der Waals surface area contributed by atoms with Crippen LogP contribution in [0.15, 0.2) is 53.4 Å². The molecule has 6 fully saturated rings. The lowest BCUT2D eigenvalue weighted by Crippen LogP contribution is -2.83. The molecule has 0 aromatic heterocycles. The minimum atomic E-state index is -4.75. The Balaban J connectivity index is 1.19. The summed E-state index contributed by atoms with van der Waals surface area (Å²) in [6.07, 6.45) is -3.91. The van der Waals surface area contributed by atoms with E-state index in [0.29, 0.717) is 44.8 Å². The number of nitrogens with zero attached hydrogens (tertiary/aromatic N) is 1. The second kappa shape index (κ2) is 11.9. The molecule has 2 aromatic rings. The second-order valence-electron chi connectivity index (χ2n) is 15.6. The molecule has 0 amide bonds. The predicted molar refractivity (Wildman–Crippen MR) is 180 cm³/mol. The van der Waals surface area contributed by atoms with Gasteiger partial charge in [-0.15, -0.1) is 0 Å². The molecule has 6 aliphatic rings. The number of likely N-dealkylation sites (tertiary alicyclic amines) is 1. The van der Waals surface area contributed by atoms with E-state index in [9.17, 15) is 36.6 Å². The van der Waals surface area contributed by atoms with Crippen molar-refractivity contribution in [1.82, 2.24) is 4.90 Å². The van der Waals surface area contributed by atoms with Crippen molar-refractivity contribution in [2.75, 3.05) is 39.1 Å². The van der Waals surface area contributed by atoms with Crippen molar-refractivity contribution in [3.63, 3.8) is 0 Å². The van der Waals surface area contributed by atoms with Crippen LogP contribution in [0.2, 0.25) is 0 Å². The molecule has 12 atom stereocenters. The van der Waals surface area contributed by atoms with Gasteiger partial charge in [-0.05, 0) is 62.6 Å². The zero-order valence-electron chi connectivity index (χ0n) is 29.4. The van der Waals surface area contributed by atoms with Crippen LogP contribution >= 0.6 is 0 Å². The molecule has 1 aliphatic heterocycles. The largest absolute Gasteiger partial charge is 0.454 e. The van der Waals surface area contributed by atoms with Crippen LogP contribution in [0, 0.1) is 29.1 Å². The molecule has 5 saturated carbocycles. The van der Waals surface area contributed by atoms with Crippen molar-refractivity contribution >= 4 is 21.7 Å². The van der Waals surface area contributed by atoms with Gasteiger partial charge in [0.15, 0.2) is 0 Å². The maximum Gasteiger partial charge on any atom is 0.416 e. The normalized spacial score (nSPS) is 41.9. The van der Waals surface area contributed by atoms with Crippen LogP contribution in [0.3, 0.4) is 0 Å². The third-order valence-corrected chi connectivity index (χ3v) is 15.4. The highest BCUT2D eigenvalue weighted by Gasteiger charge is 2.89. The number of nitrogens with one attached hydrogen (secondary N) is 1. The maximum absolute atomic E-state index is 14.4. The zero-order valence-corrected chi connectivity index (χ0v) is 30.2. The van der Waals surface area contributed by atoms with Crippen LogP contribution in [0.1, 0.15) is 54.9 Å². The molecule has 284 valence electrons. The molecule has 15 heteroatoms. The third-order valence-electron chi connectivity index (χ3n) is 14.0. The molecule has 1 saturated heterocycles. The number of ether oxygens (including phenoxy) is 4. The van der Waals surface area contributed by atoms with E-state index in [4.69, 9.17) is 18.9 Å². The number of benzene rings is 2. The zero-order chi connectivity index (χ0) is 37.2. The average Bonchev–Trinajstić information content (AvgIpc) is 3.54. The average molecular weight is 751 g/mol. The summed E-state index contributed by atoms with van der Waals surface area (Å²) >= 11 is 0. The molecule has 5 aliphatic carbocycles. The number of anilines is 1. The third kappa shape index (κ3) is 4.53. The fraction of sp³-hybridized carbons (Fsp3) is 0.649. The van der Waals surface area contributed by atoms with E-state index in [1.165, 1.54) is 18.2 Å². The van der Waals surface area contributed by atoms with E-state index in [0.717, 1.165) is 18.2 Å². The van der Waals surface area contributed by atoms with E-state index in [1.54, 1.807) is 27.4 Å². The molecular formula is C37H45F3N2O9S. The number of sulfonamides is 1. The lowest BCUT2D eigenvalue weighted by molar-refractivity contribution is -0.337. The maximum atomic E-state index is 14.4. The first kappa shape index (κ1) is 36.2. The number of piperidine rings is 1. The summed E-state index contributed by atoms with van der Waals surface area (Å²) in [5.41, 5.74) is -6.34. The van der Waals surface area contributed by atoms with E-state index in [-0.39, 0.29) is 47.8 Å². The second-order valence-corrected chi connectivity index (χ2v) is 17.3. The Morgan fingerprint density at radius 2 is 1.77 bits per heavy atom. The Kier molecular flexibility index (Phi) is 8.25. The quantitative estimate of drug-likeness (QED) is 0.321.